The highest BCUT2D eigenvalue weighted by atomic mass is 16.3. The van der Waals surface area contributed by atoms with E-state index in [0.717, 1.165) is 6.42 Å². The van der Waals surface area contributed by atoms with E-state index in [9.17, 15) is 5.11 Å². The highest BCUT2D eigenvalue weighted by Crippen LogP contribution is 2.57. The van der Waals surface area contributed by atoms with Crippen LogP contribution in [0.2, 0.25) is 0 Å². The number of aliphatic hydroxyl groups is 1. The second-order valence-electron chi connectivity index (χ2n) is 4.68. The summed E-state index contributed by atoms with van der Waals surface area (Å²) in [6, 6.07) is 0. The van der Waals surface area contributed by atoms with Gasteiger partial charge in [0.2, 0.25) is 0 Å². The maximum Gasteiger partial charge on any atom is 0.0639 e. The molecule has 0 aromatic rings. The molecule has 70 valence electrons. The van der Waals surface area contributed by atoms with Gasteiger partial charge >= 0.3 is 0 Å². The lowest BCUT2D eigenvalue weighted by Gasteiger charge is -2.35. The van der Waals surface area contributed by atoms with E-state index in [2.05, 4.69) is 6.92 Å². The number of aliphatic hydroxyl groups excluding tert-OH is 1. The fourth-order valence-electron chi connectivity index (χ4n) is 2.55. The molecule has 0 aliphatic heterocycles. The molecule has 2 aliphatic carbocycles. The van der Waals surface area contributed by atoms with Gasteiger partial charge in [-0.1, -0.05) is 13.3 Å². The molecule has 2 rings (SSSR count). The minimum atomic E-state index is -0.105. The lowest BCUT2D eigenvalue weighted by atomic mass is 9.74. The van der Waals surface area contributed by atoms with E-state index in [-0.39, 0.29) is 11.5 Å². The van der Waals surface area contributed by atoms with Crippen LogP contribution in [-0.4, -0.2) is 17.8 Å². The number of rotatable bonds is 3. The monoisotopic (exact) mass is 169 g/mol. The van der Waals surface area contributed by atoms with Crippen LogP contribution in [0.5, 0.6) is 0 Å². The lowest BCUT2D eigenvalue weighted by molar-refractivity contribution is 0.000717. The fraction of sp³-hybridized carbons (Fsp3) is 1.00. The molecular weight excluding hydrogens is 150 g/mol. The van der Waals surface area contributed by atoms with Crippen LogP contribution in [0.15, 0.2) is 0 Å². The molecule has 12 heavy (non-hydrogen) atoms. The van der Waals surface area contributed by atoms with E-state index in [1.54, 1.807) is 0 Å². The van der Waals surface area contributed by atoms with Gasteiger partial charge < -0.3 is 10.8 Å². The van der Waals surface area contributed by atoms with E-state index < -0.39 is 0 Å². The molecule has 0 bridgehead atoms. The molecule has 0 aromatic heterocycles. The molecule has 0 saturated heterocycles. The van der Waals surface area contributed by atoms with Gasteiger partial charge in [0.1, 0.15) is 0 Å². The summed E-state index contributed by atoms with van der Waals surface area (Å²) >= 11 is 0. The van der Waals surface area contributed by atoms with Gasteiger partial charge in [0.15, 0.2) is 0 Å². The van der Waals surface area contributed by atoms with Crippen LogP contribution in [0.1, 0.15) is 32.6 Å². The minimum absolute atomic E-state index is 0.105. The van der Waals surface area contributed by atoms with Crippen molar-refractivity contribution >= 4 is 0 Å². The van der Waals surface area contributed by atoms with Crippen molar-refractivity contribution in [3.05, 3.63) is 0 Å². The van der Waals surface area contributed by atoms with Gasteiger partial charge in [0, 0.05) is 12.0 Å². The molecule has 3 N–H and O–H groups in total. The second kappa shape index (κ2) is 2.71. The summed E-state index contributed by atoms with van der Waals surface area (Å²) in [6.07, 6.45) is 4.77. The first-order valence-corrected chi connectivity index (χ1v) is 5.09. The van der Waals surface area contributed by atoms with Crippen LogP contribution in [0, 0.1) is 17.3 Å². The topological polar surface area (TPSA) is 46.2 Å². The van der Waals surface area contributed by atoms with E-state index in [1.807, 2.05) is 0 Å². The molecule has 0 spiro atoms. The highest BCUT2D eigenvalue weighted by Gasteiger charge is 2.57. The third-order valence-corrected chi connectivity index (χ3v) is 4.07. The first-order chi connectivity index (χ1) is 5.70. The van der Waals surface area contributed by atoms with Crippen LogP contribution in [0.4, 0.5) is 0 Å². The smallest absolute Gasteiger partial charge is 0.0639 e. The molecule has 0 heterocycles. The fourth-order valence-corrected chi connectivity index (χ4v) is 2.55. The molecule has 3 atom stereocenters. The van der Waals surface area contributed by atoms with Crippen molar-refractivity contribution in [1.29, 1.82) is 0 Å². The molecular formula is C10H19NO. The zero-order valence-electron chi connectivity index (χ0n) is 7.79. The average molecular weight is 169 g/mol. The maximum absolute atomic E-state index is 10.0. The lowest BCUT2D eigenvalue weighted by Crippen LogP contribution is -2.39. The van der Waals surface area contributed by atoms with Crippen molar-refractivity contribution in [3.8, 4) is 0 Å². The Morgan fingerprint density at radius 2 is 2.17 bits per heavy atom. The number of hydrogen-bond donors (Lipinski definition) is 2. The Kier molecular flexibility index (Phi) is 1.92. The Hall–Kier alpha value is -0.0800. The number of nitrogens with two attached hydrogens (primary N) is 1. The van der Waals surface area contributed by atoms with E-state index in [4.69, 9.17) is 5.73 Å². The average Bonchev–Trinajstić information content (AvgIpc) is 2.59. The first-order valence-electron chi connectivity index (χ1n) is 5.09. The van der Waals surface area contributed by atoms with Gasteiger partial charge in [-0.2, -0.15) is 0 Å². The molecule has 0 unspecified atom stereocenters. The van der Waals surface area contributed by atoms with Crippen molar-refractivity contribution < 1.29 is 5.11 Å². The van der Waals surface area contributed by atoms with Crippen molar-refractivity contribution in [3.63, 3.8) is 0 Å². The van der Waals surface area contributed by atoms with Crippen LogP contribution >= 0.6 is 0 Å². The van der Waals surface area contributed by atoms with Crippen molar-refractivity contribution in [1.82, 2.24) is 0 Å². The molecule has 2 fully saturated rings. The molecule has 0 aromatic carbocycles. The summed E-state index contributed by atoms with van der Waals surface area (Å²) in [5.41, 5.74) is 5.83. The van der Waals surface area contributed by atoms with Crippen LogP contribution in [0.25, 0.3) is 0 Å². The van der Waals surface area contributed by atoms with Gasteiger partial charge in [0.05, 0.1) is 6.10 Å². The van der Waals surface area contributed by atoms with Crippen LogP contribution < -0.4 is 5.73 Å². The minimum Gasteiger partial charge on any atom is -0.392 e. The SMILES string of the molecule is C[C@@H]1C[C@]1(CN)[C@H](O)C1CCC1. The molecule has 0 radical (unpaired) electrons. The van der Waals surface area contributed by atoms with Crippen molar-refractivity contribution in [2.24, 2.45) is 23.0 Å². The van der Waals surface area contributed by atoms with E-state index >= 15 is 0 Å². The largest absolute Gasteiger partial charge is 0.392 e. The van der Waals surface area contributed by atoms with Gasteiger partial charge in [-0.15, -0.1) is 0 Å². The predicted molar refractivity (Wildman–Crippen MR) is 48.6 cm³/mol. The van der Waals surface area contributed by atoms with Crippen LogP contribution in [-0.2, 0) is 0 Å². The summed E-state index contributed by atoms with van der Waals surface area (Å²) in [4.78, 5) is 0. The molecule has 2 aliphatic rings. The zero-order chi connectivity index (χ0) is 8.77. The summed E-state index contributed by atoms with van der Waals surface area (Å²) in [7, 11) is 0. The maximum atomic E-state index is 10.0. The summed E-state index contributed by atoms with van der Waals surface area (Å²) in [5.74, 6) is 1.22. The molecule has 0 amide bonds. The quantitative estimate of drug-likeness (QED) is 0.665. The van der Waals surface area contributed by atoms with Gasteiger partial charge in [-0.25, -0.2) is 0 Å². The summed E-state index contributed by atoms with van der Waals surface area (Å²) < 4.78 is 0. The third-order valence-electron chi connectivity index (χ3n) is 4.07. The normalized spacial score (nSPS) is 43.8. The predicted octanol–water partition coefficient (Wildman–Crippen LogP) is 1.13. The number of hydrogen-bond acceptors (Lipinski definition) is 2. The Balaban J connectivity index is 1.97. The molecule has 2 heteroatoms. The van der Waals surface area contributed by atoms with Crippen LogP contribution in [0.3, 0.4) is 0 Å². The molecule has 2 nitrogen and oxygen atoms in total. The Morgan fingerprint density at radius 3 is 2.42 bits per heavy atom. The highest BCUT2D eigenvalue weighted by molar-refractivity contribution is 5.07. The second-order valence-corrected chi connectivity index (χ2v) is 4.68. The van der Waals surface area contributed by atoms with E-state index in [0.29, 0.717) is 18.4 Å². The van der Waals surface area contributed by atoms with Crippen molar-refractivity contribution in [2.45, 2.75) is 38.7 Å². The summed E-state index contributed by atoms with van der Waals surface area (Å²) in [6.45, 7) is 2.88. The standard InChI is InChI=1S/C10H19NO/c1-7-5-10(7,6-11)9(12)8-3-2-4-8/h7-9,12H,2-6,11H2,1H3/t7-,9-,10-/m1/s1. The Morgan fingerprint density at radius 1 is 1.58 bits per heavy atom. The Bertz CT molecular complexity index is 175. The third kappa shape index (κ3) is 1.01. The Labute approximate surface area is 74.1 Å². The van der Waals surface area contributed by atoms with Gasteiger partial charge in [-0.3, -0.25) is 0 Å². The summed E-state index contributed by atoms with van der Waals surface area (Å²) in [5, 5.41) is 10.0. The van der Waals surface area contributed by atoms with E-state index in [1.165, 1.54) is 19.3 Å². The molecule has 2 saturated carbocycles. The van der Waals surface area contributed by atoms with Crippen molar-refractivity contribution in [2.75, 3.05) is 6.54 Å². The van der Waals surface area contributed by atoms with Gasteiger partial charge in [-0.05, 0) is 31.1 Å². The van der Waals surface area contributed by atoms with Gasteiger partial charge in [0.25, 0.3) is 0 Å². The first kappa shape index (κ1) is 8.52. The zero-order valence-corrected chi connectivity index (χ0v) is 7.79.